The summed E-state index contributed by atoms with van der Waals surface area (Å²) >= 11 is 0. The fourth-order valence-electron chi connectivity index (χ4n) is 3.75. The first-order valence-corrected chi connectivity index (χ1v) is 7.93. The van der Waals surface area contributed by atoms with Crippen LogP contribution < -0.4 is 5.32 Å². The highest BCUT2D eigenvalue weighted by Crippen LogP contribution is 2.35. The molecule has 0 aromatic heterocycles. The molecule has 3 rings (SSSR count). The molecule has 2 atom stereocenters. The van der Waals surface area contributed by atoms with Gasteiger partial charge in [-0.3, -0.25) is 0 Å². The summed E-state index contributed by atoms with van der Waals surface area (Å²) in [7, 11) is 0. The van der Waals surface area contributed by atoms with Crippen molar-refractivity contribution in [3.8, 4) is 0 Å². The van der Waals surface area contributed by atoms with Crippen LogP contribution in [-0.4, -0.2) is 23.5 Å². The molecule has 1 aliphatic heterocycles. The predicted octanol–water partition coefficient (Wildman–Crippen LogP) is 3.55. The van der Waals surface area contributed by atoms with E-state index < -0.39 is 0 Å². The van der Waals surface area contributed by atoms with Crippen LogP contribution in [-0.2, 0) is 6.54 Å². The molecule has 0 bridgehead atoms. The van der Waals surface area contributed by atoms with Crippen LogP contribution in [0.1, 0.15) is 44.1 Å². The zero-order chi connectivity index (χ0) is 13.8. The normalized spacial score (nSPS) is 25.9. The van der Waals surface area contributed by atoms with Crippen molar-refractivity contribution in [3.63, 3.8) is 0 Å². The van der Waals surface area contributed by atoms with E-state index in [1.54, 1.807) is 0 Å². The van der Waals surface area contributed by atoms with Crippen molar-refractivity contribution in [1.82, 2.24) is 10.2 Å². The Morgan fingerprint density at radius 3 is 2.70 bits per heavy atom. The van der Waals surface area contributed by atoms with E-state index >= 15 is 0 Å². The Morgan fingerprint density at radius 1 is 1.10 bits per heavy atom. The molecule has 1 aromatic carbocycles. The van der Waals surface area contributed by atoms with Gasteiger partial charge in [-0.2, -0.15) is 0 Å². The summed E-state index contributed by atoms with van der Waals surface area (Å²) in [5.74, 6) is 0.750. The van der Waals surface area contributed by atoms with E-state index in [0.29, 0.717) is 12.6 Å². The minimum absolute atomic E-state index is 0.130. The first-order chi connectivity index (χ1) is 9.84. The number of likely N-dealkylation sites (tertiary alicyclic amines) is 1. The first-order valence-electron chi connectivity index (χ1n) is 7.93. The molecule has 0 spiro atoms. The fourth-order valence-corrected chi connectivity index (χ4v) is 3.75. The average Bonchev–Trinajstić information content (AvgIpc) is 2.53. The topological polar surface area (TPSA) is 32.3 Å². The third kappa shape index (κ3) is 2.97. The Hall–Kier alpha value is -1.51. The van der Waals surface area contributed by atoms with Gasteiger partial charge >= 0.3 is 6.03 Å². The van der Waals surface area contributed by atoms with Gasteiger partial charge in [0.2, 0.25) is 0 Å². The van der Waals surface area contributed by atoms with Gasteiger partial charge in [0.05, 0.1) is 0 Å². The van der Waals surface area contributed by atoms with Crippen molar-refractivity contribution >= 4 is 6.03 Å². The molecule has 1 heterocycles. The van der Waals surface area contributed by atoms with Crippen LogP contribution >= 0.6 is 0 Å². The summed E-state index contributed by atoms with van der Waals surface area (Å²) in [6.07, 6.45) is 7.62. The van der Waals surface area contributed by atoms with E-state index in [1.165, 1.54) is 38.5 Å². The number of amides is 2. The van der Waals surface area contributed by atoms with E-state index in [0.717, 1.165) is 18.0 Å². The van der Waals surface area contributed by atoms with Crippen LogP contribution in [0.15, 0.2) is 30.3 Å². The highest BCUT2D eigenvalue weighted by atomic mass is 16.2. The molecule has 1 N–H and O–H groups in total. The van der Waals surface area contributed by atoms with Crippen LogP contribution in [0.25, 0.3) is 0 Å². The maximum atomic E-state index is 12.4. The van der Waals surface area contributed by atoms with Crippen molar-refractivity contribution < 1.29 is 4.79 Å². The number of carbonyl (C=O) groups excluding carboxylic acids is 1. The van der Waals surface area contributed by atoms with Crippen molar-refractivity contribution in [2.45, 2.75) is 51.1 Å². The quantitative estimate of drug-likeness (QED) is 0.877. The number of piperidine rings is 1. The van der Waals surface area contributed by atoms with E-state index in [-0.39, 0.29) is 6.03 Å². The second kappa shape index (κ2) is 6.29. The van der Waals surface area contributed by atoms with E-state index in [1.807, 2.05) is 18.2 Å². The summed E-state index contributed by atoms with van der Waals surface area (Å²) in [6.45, 7) is 1.56. The third-order valence-electron chi connectivity index (χ3n) is 4.79. The van der Waals surface area contributed by atoms with Gasteiger partial charge in [-0.1, -0.05) is 43.2 Å². The summed E-state index contributed by atoms with van der Waals surface area (Å²) in [6, 6.07) is 10.8. The fraction of sp³-hybridized carbons (Fsp3) is 0.588. The number of hydrogen-bond acceptors (Lipinski definition) is 1. The first kappa shape index (κ1) is 13.5. The Morgan fingerprint density at radius 2 is 1.85 bits per heavy atom. The maximum absolute atomic E-state index is 12.4. The van der Waals surface area contributed by atoms with Gasteiger partial charge in [-0.25, -0.2) is 4.79 Å². The van der Waals surface area contributed by atoms with Crippen molar-refractivity contribution in [2.75, 3.05) is 6.54 Å². The summed E-state index contributed by atoms with van der Waals surface area (Å²) in [5.41, 5.74) is 1.16. The van der Waals surface area contributed by atoms with Gasteiger partial charge in [0, 0.05) is 19.1 Å². The smallest absolute Gasteiger partial charge is 0.317 e. The highest BCUT2D eigenvalue weighted by Gasteiger charge is 2.35. The zero-order valence-corrected chi connectivity index (χ0v) is 12.1. The molecular formula is C17H24N2O. The molecule has 2 aliphatic rings. The zero-order valence-electron chi connectivity index (χ0n) is 12.1. The second-order valence-electron chi connectivity index (χ2n) is 6.09. The molecular weight excluding hydrogens is 248 g/mol. The molecule has 1 aromatic rings. The number of benzene rings is 1. The molecule has 1 saturated carbocycles. The standard InChI is InChI=1S/C17H24N2O/c20-17(18-13-14-7-2-1-3-8-14)19-12-6-10-15-9-4-5-11-16(15)19/h1-3,7-8,15-16H,4-6,9-13H2,(H,18,20). The number of nitrogens with one attached hydrogen (secondary N) is 1. The molecule has 3 nitrogen and oxygen atoms in total. The summed E-state index contributed by atoms with van der Waals surface area (Å²) < 4.78 is 0. The van der Waals surface area contributed by atoms with Gasteiger partial charge in [0.1, 0.15) is 0 Å². The number of rotatable bonds is 2. The number of urea groups is 1. The van der Waals surface area contributed by atoms with E-state index in [4.69, 9.17) is 0 Å². The number of hydrogen-bond donors (Lipinski definition) is 1. The molecule has 3 heteroatoms. The van der Waals surface area contributed by atoms with Gasteiger partial charge in [0.15, 0.2) is 0 Å². The number of carbonyl (C=O) groups is 1. The monoisotopic (exact) mass is 272 g/mol. The lowest BCUT2D eigenvalue weighted by Gasteiger charge is -2.44. The minimum Gasteiger partial charge on any atom is -0.334 e. The second-order valence-corrected chi connectivity index (χ2v) is 6.09. The van der Waals surface area contributed by atoms with Crippen molar-refractivity contribution in [3.05, 3.63) is 35.9 Å². The lowest BCUT2D eigenvalue weighted by Crippen LogP contribution is -2.52. The Labute approximate surface area is 121 Å². The SMILES string of the molecule is O=C(NCc1ccccc1)N1CCCC2CCCCC21. The Bertz CT molecular complexity index is 444. The van der Waals surface area contributed by atoms with Crippen molar-refractivity contribution in [2.24, 2.45) is 5.92 Å². The molecule has 2 fully saturated rings. The predicted molar refractivity (Wildman–Crippen MR) is 80.4 cm³/mol. The molecule has 108 valence electrons. The van der Waals surface area contributed by atoms with E-state index in [2.05, 4.69) is 22.3 Å². The largest absolute Gasteiger partial charge is 0.334 e. The number of fused-ring (bicyclic) bond motifs is 1. The Kier molecular flexibility index (Phi) is 4.24. The minimum atomic E-state index is 0.130. The van der Waals surface area contributed by atoms with Crippen LogP contribution in [0.4, 0.5) is 4.79 Å². The van der Waals surface area contributed by atoms with Crippen LogP contribution in [0.2, 0.25) is 0 Å². The highest BCUT2D eigenvalue weighted by molar-refractivity contribution is 5.74. The van der Waals surface area contributed by atoms with E-state index in [9.17, 15) is 4.79 Å². The Balaban J connectivity index is 1.58. The molecule has 1 aliphatic carbocycles. The molecule has 0 radical (unpaired) electrons. The van der Waals surface area contributed by atoms with Crippen molar-refractivity contribution in [1.29, 1.82) is 0 Å². The van der Waals surface area contributed by atoms with Gasteiger partial charge < -0.3 is 10.2 Å². The average molecular weight is 272 g/mol. The molecule has 2 unspecified atom stereocenters. The molecule has 20 heavy (non-hydrogen) atoms. The maximum Gasteiger partial charge on any atom is 0.317 e. The summed E-state index contributed by atoms with van der Waals surface area (Å²) in [4.78, 5) is 14.5. The van der Waals surface area contributed by atoms with Crippen LogP contribution in [0, 0.1) is 5.92 Å². The lowest BCUT2D eigenvalue weighted by molar-refractivity contribution is 0.0840. The molecule has 2 amide bonds. The third-order valence-corrected chi connectivity index (χ3v) is 4.79. The van der Waals surface area contributed by atoms with Crippen LogP contribution in [0.5, 0.6) is 0 Å². The number of nitrogens with zero attached hydrogens (tertiary/aromatic N) is 1. The van der Waals surface area contributed by atoms with Crippen LogP contribution in [0.3, 0.4) is 0 Å². The van der Waals surface area contributed by atoms with Gasteiger partial charge in [0.25, 0.3) is 0 Å². The summed E-state index contributed by atoms with van der Waals surface area (Å²) in [5, 5.41) is 3.09. The van der Waals surface area contributed by atoms with Gasteiger partial charge in [-0.15, -0.1) is 0 Å². The van der Waals surface area contributed by atoms with Gasteiger partial charge in [-0.05, 0) is 37.2 Å². The lowest BCUT2D eigenvalue weighted by atomic mass is 9.78. The molecule has 1 saturated heterocycles.